The fourth-order valence-electron chi connectivity index (χ4n) is 4.17. The van der Waals surface area contributed by atoms with Crippen LogP contribution in [-0.4, -0.2) is 51.0 Å². The van der Waals surface area contributed by atoms with Crippen LogP contribution in [0.15, 0.2) is 4.99 Å². The Bertz CT molecular complexity index is 432. The van der Waals surface area contributed by atoms with Crippen molar-refractivity contribution in [1.82, 2.24) is 15.5 Å². The van der Waals surface area contributed by atoms with Crippen LogP contribution in [0.25, 0.3) is 0 Å². The lowest BCUT2D eigenvalue weighted by Crippen LogP contribution is -2.50. The summed E-state index contributed by atoms with van der Waals surface area (Å²) < 4.78 is 0. The molecule has 0 heterocycles. The minimum Gasteiger partial charge on any atom is -0.356 e. The zero-order chi connectivity index (χ0) is 16.9. The molecule has 2 fully saturated rings. The van der Waals surface area contributed by atoms with Gasteiger partial charge in [0.2, 0.25) is 5.91 Å². The Morgan fingerprint density at radius 1 is 1.00 bits per heavy atom. The second-order valence-corrected chi connectivity index (χ2v) is 7.98. The molecule has 23 heavy (non-hydrogen) atoms. The molecule has 0 aliphatic heterocycles. The zero-order valence-corrected chi connectivity index (χ0v) is 15.4. The van der Waals surface area contributed by atoms with Crippen LogP contribution in [-0.2, 0) is 4.79 Å². The van der Waals surface area contributed by atoms with E-state index in [0.717, 1.165) is 38.2 Å². The van der Waals surface area contributed by atoms with E-state index in [0.29, 0.717) is 12.0 Å². The van der Waals surface area contributed by atoms with Gasteiger partial charge in [-0.05, 0) is 31.1 Å². The first-order chi connectivity index (χ1) is 10.9. The summed E-state index contributed by atoms with van der Waals surface area (Å²) in [7, 11) is 5.52. The van der Waals surface area contributed by atoms with E-state index in [1.54, 1.807) is 11.9 Å². The molecule has 5 heteroatoms. The van der Waals surface area contributed by atoms with Gasteiger partial charge in [0.05, 0.1) is 5.41 Å². The number of hydrogen-bond donors (Lipinski definition) is 2. The van der Waals surface area contributed by atoms with E-state index >= 15 is 0 Å². The summed E-state index contributed by atoms with van der Waals surface area (Å²) >= 11 is 0. The van der Waals surface area contributed by atoms with Gasteiger partial charge in [-0.2, -0.15) is 0 Å². The molecule has 0 aromatic rings. The number of carbonyl (C=O) groups excluding carboxylic acids is 1. The van der Waals surface area contributed by atoms with Crippen molar-refractivity contribution in [2.45, 2.75) is 58.3 Å². The third-order valence-corrected chi connectivity index (χ3v) is 5.73. The van der Waals surface area contributed by atoms with E-state index in [9.17, 15) is 4.79 Å². The van der Waals surface area contributed by atoms with Crippen LogP contribution < -0.4 is 10.6 Å². The lowest BCUT2D eigenvalue weighted by atomic mass is 9.84. The molecule has 0 aromatic carbocycles. The van der Waals surface area contributed by atoms with Crippen molar-refractivity contribution in [2.24, 2.45) is 15.8 Å². The van der Waals surface area contributed by atoms with E-state index in [-0.39, 0.29) is 11.3 Å². The summed E-state index contributed by atoms with van der Waals surface area (Å²) in [6.07, 6.45) is 9.50. The predicted octanol–water partition coefficient (Wildman–Crippen LogP) is 2.38. The van der Waals surface area contributed by atoms with E-state index in [2.05, 4.69) is 22.5 Å². The molecule has 2 aliphatic carbocycles. The standard InChI is InChI=1S/C18H34N4O/c1-17(9-5-6-10-17)13-20-16(19-2)21-14-18(11-7-8-12-18)15(23)22(3)4/h5-14H2,1-4H3,(H2,19,20,21). The number of aliphatic imine (C=N–C) groups is 1. The fourth-order valence-corrected chi connectivity index (χ4v) is 4.17. The minimum absolute atomic E-state index is 0.251. The second kappa shape index (κ2) is 7.54. The van der Waals surface area contributed by atoms with Crippen LogP contribution in [0.1, 0.15) is 58.3 Å². The van der Waals surface area contributed by atoms with Crippen LogP contribution in [0, 0.1) is 10.8 Å². The van der Waals surface area contributed by atoms with Gasteiger partial charge in [0.1, 0.15) is 0 Å². The van der Waals surface area contributed by atoms with Crippen LogP contribution in [0.3, 0.4) is 0 Å². The maximum absolute atomic E-state index is 12.6. The Kier molecular flexibility index (Phi) is 5.93. The van der Waals surface area contributed by atoms with E-state index < -0.39 is 0 Å². The van der Waals surface area contributed by atoms with Crippen molar-refractivity contribution >= 4 is 11.9 Å². The largest absolute Gasteiger partial charge is 0.356 e. The van der Waals surface area contributed by atoms with Gasteiger partial charge >= 0.3 is 0 Å². The maximum Gasteiger partial charge on any atom is 0.230 e. The van der Waals surface area contributed by atoms with Crippen LogP contribution in [0.4, 0.5) is 0 Å². The molecule has 132 valence electrons. The molecule has 2 rings (SSSR count). The monoisotopic (exact) mass is 322 g/mol. The summed E-state index contributed by atoms with van der Waals surface area (Å²) in [5.41, 5.74) is 0.139. The van der Waals surface area contributed by atoms with E-state index in [1.165, 1.54) is 25.7 Å². The Hall–Kier alpha value is -1.26. The highest BCUT2D eigenvalue weighted by Crippen LogP contribution is 2.39. The summed E-state index contributed by atoms with van der Waals surface area (Å²) in [5, 5.41) is 6.90. The molecule has 0 bridgehead atoms. The molecule has 0 atom stereocenters. The Balaban J connectivity index is 1.89. The van der Waals surface area contributed by atoms with Gasteiger partial charge in [-0.3, -0.25) is 9.79 Å². The average Bonchev–Trinajstić information content (AvgIpc) is 3.17. The molecule has 0 radical (unpaired) electrons. The third kappa shape index (κ3) is 4.39. The quantitative estimate of drug-likeness (QED) is 0.603. The number of nitrogens with zero attached hydrogens (tertiary/aromatic N) is 2. The molecule has 0 saturated heterocycles. The number of amides is 1. The first-order valence-electron chi connectivity index (χ1n) is 9.07. The summed E-state index contributed by atoms with van der Waals surface area (Å²) in [4.78, 5) is 18.7. The smallest absolute Gasteiger partial charge is 0.230 e. The third-order valence-electron chi connectivity index (χ3n) is 5.73. The van der Waals surface area contributed by atoms with Gasteiger partial charge in [-0.25, -0.2) is 0 Å². The van der Waals surface area contributed by atoms with Crippen LogP contribution in [0.5, 0.6) is 0 Å². The lowest BCUT2D eigenvalue weighted by Gasteiger charge is -2.32. The molecule has 0 aromatic heterocycles. The molecule has 2 saturated carbocycles. The predicted molar refractivity (Wildman–Crippen MR) is 95.5 cm³/mol. The van der Waals surface area contributed by atoms with Crippen molar-refractivity contribution in [3.05, 3.63) is 0 Å². The van der Waals surface area contributed by atoms with Crippen molar-refractivity contribution < 1.29 is 4.79 Å². The summed E-state index contributed by atoms with van der Waals surface area (Å²) in [5.74, 6) is 1.08. The van der Waals surface area contributed by atoms with Gasteiger partial charge < -0.3 is 15.5 Å². The summed E-state index contributed by atoms with van der Waals surface area (Å²) in [6.45, 7) is 4.00. The molecule has 1 amide bonds. The fraction of sp³-hybridized carbons (Fsp3) is 0.889. The first kappa shape index (κ1) is 18.1. The van der Waals surface area contributed by atoms with E-state index in [4.69, 9.17) is 0 Å². The number of rotatable bonds is 5. The van der Waals surface area contributed by atoms with Crippen molar-refractivity contribution in [1.29, 1.82) is 0 Å². The van der Waals surface area contributed by atoms with Crippen molar-refractivity contribution in [2.75, 3.05) is 34.2 Å². The number of carbonyl (C=O) groups is 1. The molecule has 2 aliphatic rings. The molecule has 5 nitrogen and oxygen atoms in total. The van der Waals surface area contributed by atoms with Gasteiger partial charge in [0.25, 0.3) is 0 Å². The second-order valence-electron chi connectivity index (χ2n) is 7.98. The molecular weight excluding hydrogens is 288 g/mol. The van der Waals surface area contributed by atoms with Crippen LogP contribution >= 0.6 is 0 Å². The molecular formula is C18H34N4O. The Morgan fingerprint density at radius 2 is 1.52 bits per heavy atom. The highest BCUT2D eigenvalue weighted by Gasteiger charge is 2.42. The van der Waals surface area contributed by atoms with Crippen LogP contribution in [0.2, 0.25) is 0 Å². The van der Waals surface area contributed by atoms with Crippen molar-refractivity contribution in [3.8, 4) is 0 Å². The van der Waals surface area contributed by atoms with Gasteiger partial charge in [-0.1, -0.05) is 32.6 Å². The minimum atomic E-state index is -0.252. The number of hydrogen-bond acceptors (Lipinski definition) is 2. The van der Waals surface area contributed by atoms with Crippen molar-refractivity contribution in [3.63, 3.8) is 0 Å². The number of guanidine groups is 1. The Labute approximate surface area is 141 Å². The highest BCUT2D eigenvalue weighted by atomic mass is 16.2. The highest BCUT2D eigenvalue weighted by molar-refractivity contribution is 5.85. The summed E-state index contributed by atoms with van der Waals surface area (Å²) in [6, 6.07) is 0. The lowest BCUT2D eigenvalue weighted by molar-refractivity contribution is -0.138. The normalized spacial score (nSPS) is 22.9. The van der Waals surface area contributed by atoms with Gasteiger partial charge in [0.15, 0.2) is 5.96 Å². The first-order valence-corrected chi connectivity index (χ1v) is 9.07. The molecule has 0 spiro atoms. The van der Waals surface area contributed by atoms with E-state index in [1.807, 2.05) is 14.1 Å². The SMILES string of the molecule is CN=C(NCC1(C)CCCC1)NCC1(C(=O)N(C)C)CCCC1. The average molecular weight is 322 g/mol. The number of nitrogens with one attached hydrogen (secondary N) is 2. The topological polar surface area (TPSA) is 56.7 Å². The molecule has 2 N–H and O–H groups in total. The maximum atomic E-state index is 12.6. The van der Waals surface area contributed by atoms with Gasteiger partial charge in [-0.15, -0.1) is 0 Å². The Morgan fingerprint density at radius 3 is 2.04 bits per heavy atom. The van der Waals surface area contributed by atoms with Gasteiger partial charge in [0, 0.05) is 34.2 Å². The zero-order valence-electron chi connectivity index (χ0n) is 15.4. The molecule has 0 unspecified atom stereocenters.